The first-order chi connectivity index (χ1) is 17.7. The van der Waals surface area contributed by atoms with Crippen molar-refractivity contribution in [1.82, 2.24) is 10.6 Å². The summed E-state index contributed by atoms with van der Waals surface area (Å²) in [4.78, 5) is 44.0. The van der Waals surface area contributed by atoms with Gasteiger partial charge in [-0.1, -0.05) is 68.4 Å². The molecule has 3 aromatic rings. The van der Waals surface area contributed by atoms with Crippen LogP contribution in [0.3, 0.4) is 0 Å². The maximum Gasteiger partial charge on any atom is 0.252 e. The van der Waals surface area contributed by atoms with Crippen molar-refractivity contribution in [2.24, 2.45) is 5.92 Å². The molecular weight excluding hydrogens is 464 g/mol. The number of nitrogens with zero attached hydrogens (tertiary/aromatic N) is 2. The number of benzene rings is 3. The molecule has 0 spiro atoms. The fourth-order valence-corrected chi connectivity index (χ4v) is 4.93. The van der Waals surface area contributed by atoms with Gasteiger partial charge >= 0.3 is 0 Å². The Labute approximate surface area is 218 Å². The molecule has 0 saturated heterocycles. The highest BCUT2D eigenvalue weighted by molar-refractivity contribution is 6.09. The Morgan fingerprint density at radius 2 is 1.57 bits per heavy atom. The number of nitrogens with one attached hydrogen (secondary N) is 2. The van der Waals surface area contributed by atoms with Crippen LogP contribution in [0.1, 0.15) is 45.7 Å². The minimum atomic E-state index is -0.899. The Bertz CT molecular complexity index is 1300. The molecule has 0 bridgehead atoms. The number of rotatable bonds is 7. The lowest BCUT2D eigenvalue weighted by molar-refractivity contribution is -0.128. The van der Waals surface area contributed by atoms with Crippen LogP contribution in [0.25, 0.3) is 10.8 Å². The summed E-state index contributed by atoms with van der Waals surface area (Å²) in [5.74, 6) is -0.456. The van der Waals surface area contributed by atoms with Gasteiger partial charge < -0.3 is 20.4 Å². The van der Waals surface area contributed by atoms with Crippen molar-refractivity contribution in [3.05, 3.63) is 72.3 Å². The maximum atomic E-state index is 14.2. The fraction of sp³-hybridized carbons (Fsp3) is 0.367. The highest BCUT2D eigenvalue weighted by Crippen LogP contribution is 2.39. The van der Waals surface area contributed by atoms with Crippen molar-refractivity contribution in [1.29, 1.82) is 0 Å². The average molecular weight is 501 g/mol. The molecule has 3 atom stereocenters. The number of hydrogen-bond acceptors (Lipinski definition) is 4. The van der Waals surface area contributed by atoms with Crippen LogP contribution in [-0.4, -0.2) is 43.4 Å². The van der Waals surface area contributed by atoms with E-state index in [-0.39, 0.29) is 36.2 Å². The second-order valence-electron chi connectivity index (χ2n) is 10.1. The zero-order valence-corrected chi connectivity index (χ0v) is 22.2. The third-order valence-corrected chi connectivity index (χ3v) is 7.02. The Morgan fingerprint density at radius 1 is 0.919 bits per heavy atom. The normalized spacial score (nSPS) is 17.4. The standard InChI is InChI=1S/C30H36N4O3/c1-19(2)17-28(35)33-18-25(32-29(36)20(3)31-5)30(37)34(27-16-9-8-15-26(27)33)21(4)23-14-10-12-22-11-6-7-13-24(22)23/h6-16,19-21,25,31H,17-18H2,1-5H3,(H,32,36)/t20-,21?,25?/m0/s1. The topological polar surface area (TPSA) is 81.8 Å². The van der Waals surface area contributed by atoms with E-state index in [9.17, 15) is 14.4 Å². The Morgan fingerprint density at radius 3 is 2.27 bits per heavy atom. The van der Waals surface area contributed by atoms with Crippen molar-refractivity contribution in [2.75, 3.05) is 23.4 Å². The van der Waals surface area contributed by atoms with Gasteiger partial charge in [-0.25, -0.2) is 0 Å². The van der Waals surface area contributed by atoms with Crippen LogP contribution in [0.4, 0.5) is 11.4 Å². The van der Waals surface area contributed by atoms with Crippen molar-refractivity contribution in [3.8, 4) is 0 Å². The molecule has 37 heavy (non-hydrogen) atoms. The molecule has 0 aromatic heterocycles. The van der Waals surface area contributed by atoms with Gasteiger partial charge in [0.15, 0.2) is 0 Å². The molecule has 0 radical (unpaired) electrons. The minimum Gasteiger partial charge on any atom is -0.341 e. The van der Waals surface area contributed by atoms with Gasteiger partial charge in [0.05, 0.1) is 30.0 Å². The Kier molecular flexibility index (Phi) is 7.93. The number of para-hydroxylation sites is 2. The summed E-state index contributed by atoms with van der Waals surface area (Å²) in [6.07, 6.45) is 0.342. The molecule has 1 aliphatic heterocycles. The second kappa shape index (κ2) is 11.1. The number of likely N-dealkylation sites (N-methyl/N-ethyl adjacent to an activating group) is 1. The molecule has 7 nitrogen and oxygen atoms in total. The SMILES string of the molecule is CN[C@@H](C)C(=O)NC1CN(C(=O)CC(C)C)c2ccccc2N(C(C)c2cccc3ccccc23)C1=O. The molecule has 194 valence electrons. The average Bonchev–Trinajstić information content (AvgIpc) is 3.01. The number of carbonyl (C=O) groups is 3. The summed E-state index contributed by atoms with van der Waals surface area (Å²) in [6.45, 7) is 7.80. The fourth-order valence-electron chi connectivity index (χ4n) is 4.93. The van der Waals surface area contributed by atoms with E-state index in [1.807, 2.05) is 69.3 Å². The predicted octanol–water partition coefficient (Wildman–Crippen LogP) is 4.42. The van der Waals surface area contributed by atoms with Gasteiger partial charge in [0, 0.05) is 6.42 Å². The summed E-state index contributed by atoms with van der Waals surface area (Å²) in [5.41, 5.74) is 2.33. The van der Waals surface area contributed by atoms with Crippen LogP contribution >= 0.6 is 0 Å². The molecule has 3 aromatic carbocycles. The highest BCUT2D eigenvalue weighted by atomic mass is 16.2. The largest absolute Gasteiger partial charge is 0.341 e. The van der Waals surface area contributed by atoms with Crippen LogP contribution in [0.5, 0.6) is 0 Å². The van der Waals surface area contributed by atoms with Crippen LogP contribution in [0.2, 0.25) is 0 Å². The molecule has 4 rings (SSSR count). The van der Waals surface area contributed by atoms with E-state index in [4.69, 9.17) is 0 Å². The summed E-state index contributed by atoms with van der Waals surface area (Å²) in [5, 5.41) is 7.99. The number of fused-ring (bicyclic) bond motifs is 2. The zero-order chi connectivity index (χ0) is 26.7. The van der Waals surface area contributed by atoms with Crippen LogP contribution in [0.15, 0.2) is 66.7 Å². The first-order valence-corrected chi connectivity index (χ1v) is 12.9. The van der Waals surface area contributed by atoms with E-state index >= 15 is 0 Å². The monoisotopic (exact) mass is 500 g/mol. The summed E-state index contributed by atoms with van der Waals surface area (Å²) >= 11 is 0. The van der Waals surface area contributed by atoms with Gasteiger partial charge in [0.25, 0.3) is 5.91 Å². The smallest absolute Gasteiger partial charge is 0.252 e. The highest BCUT2D eigenvalue weighted by Gasteiger charge is 2.39. The predicted molar refractivity (Wildman–Crippen MR) is 149 cm³/mol. The Balaban J connectivity index is 1.85. The van der Waals surface area contributed by atoms with E-state index < -0.39 is 12.1 Å². The van der Waals surface area contributed by atoms with Crippen LogP contribution < -0.4 is 20.4 Å². The zero-order valence-electron chi connectivity index (χ0n) is 22.2. The molecule has 2 unspecified atom stereocenters. The summed E-state index contributed by atoms with van der Waals surface area (Å²) < 4.78 is 0. The number of hydrogen-bond donors (Lipinski definition) is 2. The molecular formula is C30H36N4O3. The van der Waals surface area contributed by atoms with E-state index in [1.54, 1.807) is 23.8 Å². The molecule has 3 amide bonds. The molecule has 1 aliphatic rings. The van der Waals surface area contributed by atoms with Crippen molar-refractivity contribution in [2.45, 2.75) is 52.2 Å². The quantitative estimate of drug-likeness (QED) is 0.503. The van der Waals surface area contributed by atoms with Crippen molar-refractivity contribution >= 4 is 39.9 Å². The van der Waals surface area contributed by atoms with E-state index in [0.717, 1.165) is 16.3 Å². The lowest BCUT2D eigenvalue weighted by Crippen LogP contribution is -2.56. The maximum absolute atomic E-state index is 14.2. The van der Waals surface area contributed by atoms with E-state index in [0.29, 0.717) is 17.8 Å². The molecule has 0 aliphatic carbocycles. The number of anilines is 2. The second-order valence-corrected chi connectivity index (χ2v) is 10.1. The number of carbonyl (C=O) groups excluding carboxylic acids is 3. The van der Waals surface area contributed by atoms with Crippen molar-refractivity contribution < 1.29 is 14.4 Å². The van der Waals surface area contributed by atoms with Gasteiger partial charge in [0.2, 0.25) is 11.8 Å². The van der Waals surface area contributed by atoms with Gasteiger partial charge in [-0.15, -0.1) is 0 Å². The molecule has 2 N–H and O–H groups in total. The molecule has 0 saturated carbocycles. The van der Waals surface area contributed by atoms with E-state index in [1.165, 1.54) is 0 Å². The molecule has 7 heteroatoms. The van der Waals surface area contributed by atoms with Crippen LogP contribution in [0, 0.1) is 5.92 Å². The minimum absolute atomic E-state index is 0.0718. The third kappa shape index (κ3) is 5.37. The Hall–Kier alpha value is -3.71. The molecule has 1 heterocycles. The van der Waals surface area contributed by atoms with Gasteiger partial charge in [-0.3, -0.25) is 14.4 Å². The first-order valence-electron chi connectivity index (χ1n) is 12.9. The van der Waals surface area contributed by atoms with Crippen LogP contribution in [-0.2, 0) is 14.4 Å². The van der Waals surface area contributed by atoms with Gasteiger partial charge in [0.1, 0.15) is 6.04 Å². The third-order valence-electron chi connectivity index (χ3n) is 7.02. The first kappa shape index (κ1) is 26.4. The number of amides is 3. The van der Waals surface area contributed by atoms with Gasteiger partial charge in [-0.05, 0) is 55.3 Å². The van der Waals surface area contributed by atoms with Gasteiger partial charge in [-0.2, -0.15) is 0 Å². The lowest BCUT2D eigenvalue weighted by Gasteiger charge is -2.32. The molecule has 0 fully saturated rings. The van der Waals surface area contributed by atoms with Crippen molar-refractivity contribution in [3.63, 3.8) is 0 Å². The summed E-state index contributed by atoms with van der Waals surface area (Å²) in [6, 6.07) is 20.0. The van der Waals surface area contributed by atoms with E-state index in [2.05, 4.69) is 28.8 Å². The summed E-state index contributed by atoms with van der Waals surface area (Å²) in [7, 11) is 1.70. The lowest BCUT2D eigenvalue weighted by atomic mass is 9.97.